The summed E-state index contributed by atoms with van der Waals surface area (Å²) in [4.78, 5) is 42.4. The summed E-state index contributed by atoms with van der Waals surface area (Å²) in [7, 11) is 0. The lowest BCUT2D eigenvalue weighted by Gasteiger charge is -2.10. The topological polar surface area (TPSA) is 130 Å². The van der Waals surface area contributed by atoms with Crippen LogP contribution in [0.25, 0.3) is 0 Å². The standard InChI is InChI=1S/C12H11FN2O7/c1-6(2)22-12(17)10(13)11(16)7-3-4-8(14(18)19)9(5-7)15(20)21/h3-6,10H,1-2H3. The van der Waals surface area contributed by atoms with Crippen LogP contribution < -0.4 is 0 Å². The first-order valence-corrected chi connectivity index (χ1v) is 5.96. The van der Waals surface area contributed by atoms with E-state index in [0.717, 1.165) is 6.07 Å². The lowest BCUT2D eigenvalue weighted by Crippen LogP contribution is -2.29. The molecule has 0 fully saturated rings. The number of Topliss-reactive ketones (excluding diaryl/α,β-unsaturated/α-hetero) is 1. The van der Waals surface area contributed by atoms with Gasteiger partial charge in [0.15, 0.2) is 0 Å². The highest BCUT2D eigenvalue weighted by Crippen LogP contribution is 2.28. The molecular formula is C12H11FN2O7. The highest BCUT2D eigenvalue weighted by Gasteiger charge is 2.32. The fraction of sp³-hybridized carbons (Fsp3) is 0.333. The van der Waals surface area contributed by atoms with Crippen LogP contribution in [0.5, 0.6) is 0 Å². The summed E-state index contributed by atoms with van der Waals surface area (Å²) < 4.78 is 18.2. The molecule has 0 aliphatic rings. The molecule has 10 heteroatoms. The Kier molecular flexibility index (Phi) is 5.22. The first kappa shape index (κ1) is 17.1. The minimum Gasteiger partial charge on any atom is -0.460 e. The summed E-state index contributed by atoms with van der Waals surface area (Å²) in [6.45, 7) is 2.90. The zero-order valence-electron chi connectivity index (χ0n) is 11.5. The third-order valence-electron chi connectivity index (χ3n) is 2.44. The van der Waals surface area contributed by atoms with E-state index in [-0.39, 0.29) is 0 Å². The fourth-order valence-corrected chi connectivity index (χ4v) is 1.52. The van der Waals surface area contributed by atoms with Crippen molar-refractivity contribution in [3.05, 3.63) is 44.0 Å². The van der Waals surface area contributed by atoms with E-state index in [1.807, 2.05) is 0 Å². The van der Waals surface area contributed by atoms with Crippen molar-refractivity contribution in [1.82, 2.24) is 0 Å². The third-order valence-corrected chi connectivity index (χ3v) is 2.44. The van der Waals surface area contributed by atoms with Gasteiger partial charge >= 0.3 is 17.3 Å². The second-order valence-electron chi connectivity index (χ2n) is 4.43. The summed E-state index contributed by atoms with van der Waals surface area (Å²) in [6.07, 6.45) is -3.31. The normalized spacial score (nSPS) is 11.8. The molecule has 1 aromatic carbocycles. The molecule has 1 aromatic rings. The molecule has 0 saturated heterocycles. The molecule has 0 radical (unpaired) electrons. The first-order valence-electron chi connectivity index (χ1n) is 5.96. The van der Waals surface area contributed by atoms with E-state index in [1.54, 1.807) is 0 Å². The number of ether oxygens (including phenoxy) is 1. The van der Waals surface area contributed by atoms with E-state index < -0.39 is 50.8 Å². The molecular weight excluding hydrogens is 303 g/mol. The number of benzene rings is 1. The molecule has 9 nitrogen and oxygen atoms in total. The molecule has 0 heterocycles. The molecule has 118 valence electrons. The smallest absolute Gasteiger partial charge is 0.349 e. The van der Waals surface area contributed by atoms with E-state index in [0.29, 0.717) is 12.1 Å². The maximum Gasteiger partial charge on any atom is 0.349 e. The van der Waals surface area contributed by atoms with Gasteiger partial charge in [-0.05, 0) is 19.9 Å². The molecule has 0 bridgehead atoms. The number of carbonyl (C=O) groups excluding carboxylic acids is 2. The zero-order chi connectivity index (χ0) is 17.0. The van der Waals surface area contributed by atoms with Crippen molar-refractivity contribution in [2.45, 2.75) is 26.1 Å². The van der Waals surface area contributed by atoms with Crippen LogP contribution in [-0.2, 0) is 9.53 Å². The number of nitro groups is 2. The number of hydrogen-bond donors (Lipinski definition) is 0. The van der Waals surface area contributed by atoms with Crippen LogP contribution in [0.15, 0.2) is 18.2 Å². The molecule has 0 spiro atoms. The van der Waals surface area contributed by atoms with Gasteiger partial charge < -0.3 is 4.74 Å². The number of halogens is 1. The predicted molar refractivity (Wildman–Crippen MR) is 70.2 cm³/mol. The van der Waals surface area contributed by atoms with Crippen LogP contribution in [-0.4, -0.2) is 33.9 Å². The van der Waals surface area contributed by atoms with Gasteiger partial charge in [0.05, 0.1) is 16.0 Å². The fourth-order valence-electron chi connectivity index (χ4n) is 1.52. The van der Waals surface area contributed by atoms with Crippen molar-refractivity contribution < 1.29 is 28.6 Å². The molecule has 1 unspecified atom stereocenters. The Morgan fingerprint density at radius 2 is 1.68 bits per heavy atom. The summed E-state index contributed by atoms with van der Waals surface area (Å²) in [5.74, 6) is -2.80. The molecule has 0 aliphatic carbocycles. The van der Waals surface area contributed by atoms with Crippen LogP contribution >= 0.6 is 0 Å². The lowest BCUT2D eigenvalue weighted by atomic mass is 10.1. The second kappa shape index (κ2) is 6.70. The van der Waals surface area contributed by atoms with Gasteiger partial charge in [-0.25, -0.2) is 9.18 Å². The molecule has 0 amide bonds. The molecule has 1 rings (SSSR count). The summed E-state index contributed by atoms with van der Waals surface area (Å²) in [5, 5.41) is 21.4. The number of alkyl halides is 1. The van der Waals surface area contributed by atoms with Crippen molar-refractivity contribution in [1.29, 1.82) is 0 Å². The number of esters is 1. The van der Waals surface area contributed by atoms with Gasteiger partial charge in [-0.15, -0.1) is 0 Å². The molecule has 1 atom stereocenters. The Labute approximate surface area is 123 Å². The molecule has 22 heavy (non-hydrogen) atoms. The van der Waals surface area contributed by atoms with E-state index in [9.17, 15) is 34.2 Å². The van der Waals surface area contributed by atoms with Gasteiger partial charge in [0, 0.05) is 17.7 Å². The molecule has 0 N–H and O–H groups in total. The number of nitrogens with zero attached hydrogens (tertiary/aromatic N) is 2. The lowest BCUT2D eigenvalue weighted by molar-refractivity contribution is -0.422. The maximum atomic E-state index is 13.7. The van der Waals surface area contributed by atoms with E-state index in [1.165, 1.54) is 13.8 Å². The number of carbonyl (C=O) groups is 2. The minimum atomic E-state index is -2.66. The average molecular weight is 314 g/mol. The minimum absolute atomic E-state index is 0.537. The second-order valence-corrected chi connectivity index (χ2v) is 4.43. The molecule has 0 aliphatic heterocycles. The number of ketones is 1. The Hall–Kier alpha value is -2.91. The predicted octanol–water partition coefficient (Wildman–Crippen LogP) is 1.98. The van der Waals surface area contributed by atoms with E-state index in [4.69, 9.17) is 0 Å². The SMILES string of the molecule is CC(C)OC(=O)C(F)C(=O)c1ccc([N+](=O)[O-])c([N+](=O)[O-])c1. The number of nitro benzene ring substituents is 2. The van der Waals surface area contributed by atoms with Crippen molar-refractivity contribution in [2.75, 3.05) is 0 Å². The van der Waals surface area contributed by atoms with Crippen LogP contribution in [0.2, 0.25) is 0 Å². The molecule has 0 aromatic heterocycles. The van der Waals surface area contributed by atoms with Crippen LogP contribution in [0.4, 0.5) is 15.8 Å². The van der Waals surface area contributed by atoms with Crippen LogP contribution in [0.3, 0.4) is 0 Å². The highest BCUT2D eigenvalue weighted by molar-refractivity contribution is 6.11. The Morgan fingerprint density at radius 1 is 1.14 bits per heavy atom. The van der Waals surface area contributed by atoms with Gasteiger partial charge in [0.2, 0.25) is 5.78 Å². The quantitative estimate of drug-likeness (QED) is 0.258. The average Bonchev–Trinajstić information content (AvgIpc) is 2.44. The molecule has 0 saturated carbocycles. The monoisotopic (exact) mass is 314 g/mol. The summed E-state index contributed by atoms with van der Waals surface area (Å²) >= 11 is 0. The van der Waals surface area contributed by atoms with Crippen molar-refractivity contribution in [2.24, 2.45) is 0 Å². The van der Waals surface area contributed by atoms with Crippen molar-refractivity contribution >= 4 is 23.1 Å². The van der Waals surface area contributed by atoms with Crippen molar-refractivity contribution in [3.63, 3.8) is 0 Å². The Balaban J connectivity index is 3.14. The van der Waals surface area contributed by atoms with Gasteiger partial charge in [0.25, 0.3) is 6.17 Å². The Bertz CT molecular complexity index is 644. The van der Waals surface area contributed by atoms with Gasteiger partial charge in [-0.1, -0.05) is 0 Å². The number of hydrogen-bond acceptors (Lipinski definition) is 7. The van der Waals surface area contributed by atoms with Crippen LogP contribution in [0.1, 0.15) is 24.2 Å². The Morgan fingerprint density at radius 3 is 2.14 bits per heavy atom. The first-order chi connectivity index (χ1) is 10.1. The van der Waals surface area contributed by atoms with Gasteiger partial charge in [-0.3, -0.25) is 25.0 Å². The summed E-state index contributed by atoms with van der Waals surface area (Å²) in [6, 6.07) is 2.09. The van der Waals surface area contributed by atoms with Gasteiger partial charge in [-0.2, -0.15) is 0 Å². The largest absolute Gasteiger partial charge is 0.460 e. The van der Waals surface area contributed by atoms with Crippen molar-refractivity contribution in [3.8, 4) is 0 Å². The number of rotatable bonds is 6. The highest BCUT2D eigenvalue weighted by atomic mass is 19.1. The van der Waals surface area contributed by atoms with E-state index >= 15 is 0 Å². The third kappa shape index (κ3) is 3.81. The van der Waals surface area contributed by atoms with Gasteiger partial charge in [0.1, 0.15) is 0 Å². The van der Waals surface area contributed by atoms with Crippen LogP contribution in [0, 0.1) is 20.2 Å². The zero-order valence-corrected chi connectivity index (χ0v) is 11.5. The summed E-state index contributed by atoms with van der Waals surface area (Å²) in [5.41, 5.74) is -2.35. The maximum absolute atomic E-state index is 13.7. The van der Waals surface area contributed by atoms with E-state index in [2.05, 4.69) is 4.74 Å².